The van der Waals surface area contributed by atoms with Crippen molar-refractivity contribution in [3.8, 4) is 0 Å². The monoisotopic (exact) mass is 550 g/mol. The lowest BCUT2D eigenvalue weighted by Gasteiger charge is -2.37. The fraction of sp³-hybridized carbons (Fsp3) is 0.480. The number of amides is 1. The summed E-state index contributed by atoms with van der Waals surface area (Å²) in [6, 6.07) is 11.8. The Hall–Kier alpha value is -2.67. The number of carbonyl (C=O) groups excluding carboxylic acids is 1. The van der Waals surface area contributed by atoms with Crippen LogP contribution in [0.3, 0.4) is 0 Å². The van der Waals surface area contributed by atoms with Crippen LogP contribution < -0.4 is 9.21 Å². The van der Waals surface area contributed by atoms with Crippen molar-refractivity contribution < 1.29 is 26.4 Å². The van der Waals surface area contributed by atoms with Crippen molar-refractivity contribution in [1.82, 2.24) is 9.21 Å². The number of carbonyl (C=O) groups is 1. The van der Waals surface area contributed by atoms with Gasteiger partial charge in [-0.3, -0.25) is 9.10 Å². The van der Waals surface area contributed by atoms with Crippen LogP contribution in [0.5, 0.6) is 0 Å². The molecule has 2 fully saturated rings. The summed E-state index contributed by atoms with van der Waals surface area (Å²) in [6.07, 6.45) is 1.04. The maximum absolute atomic E-state index is 13.1. The minimum Gasteiger partial charge on any atom is -0.379 e. The van der Waals surface area contributed by atoms with E-state index in [1.54, 1.807) is 4.90 Å². The maximum Gasteiger partial charge on any atom is 0.243 e. The molecule has 0 saturated carbocycles. The third kappa shape index (κ3) is 6.08. The van der Waals surface area contributed by atoms with Crippen molar-refractivity contribution in [3.63, 3.8) is 0 Å². The summed E-state index contributed by atoms with van der Waals surface area (Å²) < 4.78 is 58.6. The van der Waals surface area contributed by atoms with Crippen LogP contribution in [0, 0.1) is 13.8 Å². The summed E-state index contributed by atoms with van der Waals surface area (Å²) in [6.45, 7) is 7.30. The zero-order valence-corrected chi connectivity index (χ0v) is 23.1. The lowest BCUT2D eigenvalue weighted by molar-refractivity contribution is -0.129. The van der Waals surface area contributed by atoms with Crippen LogP contribution in [0.25, 0.3) is 0 Å². The second-order valence-corrected chi connectivity index (χ2v) is 13.2. The molecule has 2 aliphatic rings. The van der Waals surface area contributed by atoms with Gasteiger partial charge in [0.1, 0.15) is 6.54 Å². The Balaban J connectivity index is 1.44. The van der Waals surface area contributed by atoms with Gasteiger partial charge in [-0.1, -0.05) is 12.1 Å². The molecule has 0 spiro atoms. The molecular formula is C25H34N4O6S2. The predicted octanol–water partition coefficient (Wildman–Crippen LogP) is 1.44. The molecule has 0 radical (unpaired) electrons. The molecule has 2 aromatic rings. The van der Waals surface area contributed by atoms with Gasteiger partial charge in [0, 0.05) is 45.0 Å². The molecule has 0 bridgehead atoms. The van der Waals surface area contributed by atoms with E-state index < -0.39 is 20.0 Å². The highest BCUT2D eigenvalue weighted by Crippen LogP contribution is 2.25. The van der Waals surface area contributed by atoms with E-state index in [9.17, 15) is 21.6 Å². The smallest absolute Gasteiger partial charge is 0.243 e. The average molecular weight is 551 g/mol. The van der Waals surface area contributed by atoms with Gasteiger partial charge in [-0.15, -0.1) is 0 Å². The molecule has 4 rings (SSSR count). The van der Waals surface area contributed by atoms with Crippen molar-refractivity contribution in [3.05, 3.63) is 53.6 Å². The topological polar surface area (TPSA) is 108 Å². The Labute approximate surface area is 219 Å². The van der Waals surface area contributed by atoms with Gasteiger partial charge >= 0.3 is 0 Å². The zero-order chi connectivity index (χ0) is 26.8. The van der Waals surface area contributed by atoms with E-state index in [0.717, 1.165) is 16.2 Å². The first-order valence-corrected chi connectivity index (χ1v) is 15.5. The number of sulfonamides is 2. The maximum atomic E-state index is 13.1. The molecule has 10 nitrogen and oxygen atoms in total. The van der Waals surface area contributed by atoms with Gasteiger partial charge in [0.15, 0.2) is 0 Å². The largest absolute Gasteiger partial charge is 0.379 e. The number of hydrogen-bond acceptors (Lipinski definition) is 7. The summed E-state index contributed by atoms with van der Waals surface area (Å²) in [7, 11) is -7.49. The molecule has 0 atom stereocenters. The normalized spacial score (nSPS) is 17.6. The lowest BCUT2D eigenvalue weighted by atomic mass is 10.1. The summed E-state index contributed by atoms with van der Waals surface area (Å²) in [4.78, 5) is 17.1. The van der Waals surface area contributed by atoms with Gasteiger partial charge in [-0.25, -0.2) is 16.8 Å². The molecule has 0 aromatic heterocycles. The lowest BCUT2D eigenvalue weighted by Crippen LogP contribution is -2.52. The van der Waals surface area contributed by atoms with Crippen molar-refractivity contribution in [2.24, 2.45) is 0 Å². The van der Waals surface area contributed by atoms with E-state index in [4.69, 9.17) is 4.74 Å². The number of anilines is 2. The molecule has 2 aliphatic heterocycles. The standard InChI is InChI=1S/C25H34N4O6S2/c1-20-5-4-6-24(21(20)2)26-11-13-27(14-12-26)25(30)19-29(36(3,31)32)22-7-9-23(10-8-22)37(33,34)28-15-17-35-18-16-28/h4-10H,11-19H2,1-3H3. The highest BCUT2D eigenvalue weighted by Gasteiger charge is 2.29. The van der Waals surface area contributed by atoms with Crippen LogP contribution >= 0.6 is 0 Å². The fourth-order valence-corrected chi connectivity index (χ4v) is 6.88. The van der Waals surface area contributed by atoms with Crippen molar-refractivity contribution in [2.45, 2.75) is 18.7 Å². The van der Waals surface area contributed by atoms with E-state index in [1.165, 1.54) is 39.7 Å². The number of ether oxygens (including phenoxy) is 1. The van der Waals surface area contributed by atoms with E-state index in [2.05, 4.69) is 30.9 Å². The van der Waals surface area contributed by atoms with Gasteiger partial charge in [-0.05, 0) is 55.3 Å². The minimum absolute atomic E-state index is 0.0699. The quantitative estimate of drug-likeness (QED) is 0.513. The third-order valence-electron chi connectivity index (χ3n) is 6.96. The summed E-state index contributed by atoms with van der Waals surface area (Å²) >= 11 is 0. The molecule has 2 heterocycles. The van der Waals surface area contributed by atoms with Gasteiger partial charge < -0.3 is 14.5 Å². The van der Waals surface area contributed by atoms with Crippen molar-refractivity contribution in [1.29, 1.82) is 0 Å². The first kappa shape index (κ1) is 27.4. The van der Waals surface area contributed by atoms with E-state index in [-0.39, 0.29) is 36.1 Å². The Bertz CT molecular complexity index is 1330. The molecule has 0 aliphatic carbocycles. The van der Waals surface area contributed by atoms with Crippen LogP contribution in [0.4, 0.5) is 11.4 Å². The highest BCUT2D eigenvalue weighted by molar-refractivity contribution is 7.92. The summed E-state index contributed by atoms with van der Waals surface area (Å²) in [5.41, 5.74) is 3.82. The predicted molar refractivity (Wildman–Crippen MR) is 143 cm³/mol. The minimum atomic E-state index is -3.79. The van der Waals surface area contributed by atoms with Crippen LogP contribution in [0.2, 0.25) is 0 Å². The van der Waals surface area contributed by atoms with Crippen LogP contribution in [0.1, 0.15) is 11.1 Å². The zero-order valence-electron chi connectivity index (χ0n) is 21.5. The molecule has 2 aromatic carbocycles. The second kappa shape index (κ2) is 11.0. The van der Waals surface area contributed by atoms with Crippen LogP contribution in [-0.2, 0) is 29.6 Å². The fourth-order valence-electron chi connectivity index (χ4n) is 4.62. The molecule has 37 heavy (non-hydrogen) atoms. The number of benzene rings is 2. The van der Waals surface area contributed by atoms with Crippen LogP contribution in [-0.4, -0.2) is 97.2 Å². The van der Waals surface area contributed by atoms with Gasteiger partial charge in [-0.2, -0.15) is 4.31 Å². The Morgan fingerprint density at radius 3 is 2.11 bits per heavy atom. The number of rotatable bonds is 7. The summed E-state index contributed by atoms with van der Waals surface area (Å²) in [5.74, 6) is -0.295. The van der Waals surface area contributed by atoms with Gasteiger partial charge in [0.05, 0.1) is 30.1 Å². The Morgan fingerprint density at radius 1 is 0.892 bits per heavy atom. The average Bonchev–Trinajstić information content (AvgIpc) is 2.89. The molecule has 1 amide bonds. The van der Waals surface area contributed by atoms with Crippen molar-refractivity contribution >= 4 is 37.3 Å². The molecule has 0 unspecified atom stereocenters. The molecule has 0 N–H and O–H groups in total. The molecule has 12 heteroatoms. The highest BCUT2D eigenvalue weighted by atomic mass is 32.2. The molecular weight excluding hydrogens is 516 g/mol. The number of morpholine rings is 1. The van der Waals surface area contributed by atoms with Gasteiger partial charge in [0.2, 0.25) is 26.0 Å². The Kier molecular flexibility index (Phi) is 8.12. The van der Waals surface area contributed by atoms with Crippen LogP contribution in [0.15, 0.2) is 47.4 Å². The van der Waals surface area contributed by atoms with Gasteiger partial charge in [0.25, 0.3) is 0 Å². The first-order chi connectivity index (χ1) is 17.5. The second-order valence-electron chi connectivity index (χ2n) is 9.37. The first-order valence-electron chi connectivity index (χ1n) is 12.2. The van der Waals surface area contributed by atoms with E-state index >= 15 is 0 Å². The Morgan fingerprint density at radius 2 is 1.51 bits per heavy atom. The number of hydrogen-bond donors (Lipinski definition) is 0. The third-order valence-corrected chi connectivity index (χ3v) is 10.0. The molecule has 202 valence electrons. The van der Waals surface area contributed by atoms with E-state index in [0.29, 0.717) is 39.4 Å². The molecule has 2 saturated heterocycles. The number of nitrogens with zero attached hydrogens (tertiary/aromatic N) is 4. The number of aryl methyl sites for hydroxylation is 1. The number of piperazine rings is 1. The van der Waals surface area contributed by atoms with Crippen molar-refractivity contribution in [2.75, 3.05) is 74.5 Å². The summed E-state index contributed by atoms with van der Waals surface area (Å²) in [5, 5.41) is 0. The SMILES string of the molecule is Cc1cccc(N2CCN(C(=O)CN(c3ccc(S(=O)(=O)N4CCOCC4)cc3)S(C)(=O)=O)CC2)c1C. The van der Waals surface area contributed by atoms with E-state index in [1.807, 2.05) is 6.07 Å².